The van der Waals surface area contributed by atoms with Crippen molar-refractivity contribution in [3.8, 4) is 11.5 Å². The molecular weight excluding hydrogens is 275 g/mol. The summed E-state index contributed by atoms with van der Waals surface area (Å²) in [5.41, 5.74) is 1.32. The molecule has 1 N–H and O–H groups in total. The molecule has 0 fully saturated rings. The van der Waals surface area contributed by atoms with Gasteiger partial charge in [0.1, 0.15) is 5.69 Å². The Hall–Kier alpha value is -1.96. The Morgan fingerprint density at radius 1 is 1.40 bits per heavy atom. The third-order valence-electron chi connectivity index (χ3n) is 2.70. The van der Waals surface area contributed by atoms with Crippen LogP contribution in [0.5, 0.6) is 0 Å². The van der Waals surface area contributed by atoms with Crippen LogP contribution in [0.2, 0.25) is 0 Å². The number of alkyl halides is 3. The van der Waals surface area contributed by atoms with Crippen molar-refractivity contribution in [2.75, 3.05) is 0 Å². The summed E-state index contributed by atoms with van der Waals surface area (Å²) in [7, 11) is 0. The van der Waals surface area contributed by atoms with Crippen molar-refractivity contribution in [1.29, 1.82) is 0 Å². The number of aliphatic hydroxyl groups is 1. The van der Waals surface area contributed by atoms with Gasteiger partial charge in [-0.1, -0.05) is 18.1 Å². The van der Waals surface area contributed by atoms with Crippen molar-refractivity contribution in [3.05, 3.63) is 29.8 Å². The van der Waals surface area contributed by atoms with Crippen molar-refractivity contribution >= 4 is 0 Å². The molecule has 1 atom stereocenters. The van der Waals surface area contributed by atoms with E-state index >= 15 is 0 Å². The van der Waals surface area contributed by atoms with E-state index < -0.39 is 18.7 Å². The Balaban J connectivity index is 2.21. The van der Waals surface area contributed by atoms with Crippen LogP contribution in [-0.4, -0.2) is 32.5 Å². The molecule has 0 bridgehead atoms. The lowest BCUT2D eigenvalue weighted by Gasteiger charge is -2.11. The smallest absolute Gasteiger partial charge is 0.383 e. The average molecular weight is 287 g/mol. The first kappa shape index (κ1) is 14.4. The fraction of sp³-hybridized carbons (Fsp3) is 0.417. The van der Waals surface area contributed by atoms with E-state index in [1.54, 1.807) is 6.07 Å². The van der Waals surface area contributed by atoms with Crippen LogP contribution in [0.1, 0.15) is 18.4 Å². The van der Waals surface area contributed by atoms with Crippen LogP contribution in [0.15, 0.2) is 22.9 Å². The minimum atomic E-state index is -4.71. The summed E-state index contributed by atoms with van der Waals surface area (Å²) in [4.78, 5) is 7.93. The molecule has 20 heavy (non-hydrogen) atoms. The van der Waals surface area contributed by atoms with Crippen LogP contribution in [-0.2, 0) is 12.8 Å². The topological polar surface area (TPSA) is 72.0 Å². The molecule has 108 valence electrons. The van der Waals surface area contributed by atoms with E-state index in [1.807, 2.05) is 13.0 Å². The van der Waals surface area contributed by atoms with Crippen LogP contribution < -0.4 is 0 Å². The van der Waals surface area contributed by atoms with Gasteiger partial charge in [0.2, 0.25) is 11.7 Å². The molecule has 8 heteroatoms. The molecule has 2 aromatic rings. The van der Waals surface area contributed by atoms with Gasteiger partial charge < -0.3 is 9.63 Å². The van der Waals surface area contributed by atoms with Crippen LogP contribution in [0.4, 0.5) is 13.2 Å². The van der Waals surface area contributed by atoms with Gasteiger partial charge in [0.25, 0.3) is 0 Å². The molecule has 5 nitrogen and oxygen atoms in total. The molecule has 0 aliphatic rings. The maximum absolute atomic E-state index is 12.2. The number of nitrogens with zero attached hydrogens (tertiary/aromatic N) is 3. The minimum absolute atomic E-state index is 0.117. The average Bonchev–Trinajstić information content (AvgIpc) is 2.86. The van der Waals surface area contributed by atoms with Gasteiger partial charge in [-0.25, -0.2) is 0 Å². The Labute approximate surface area is 112 Å². The summed E-state index contributed by atoms with van der Waals surface area (Å²) in [6, 6.07) is 3.57. The summed E-state index contributed by atoms with van der Waals surface area (Å²) in [6.07, 6.45) is -5.79. The number of hydrogen-bond acceptors (Lipinski definition) is 5. The number of aromatic nitrogens is 3. The van der Waals surface area contributed by atoms with Gasteiger partial charge >= 0.3 is 6.18 Å². The van der Waals surface area contributed by atoms with Crippen LogP contribution in [0.3, 0.4) is 0 Å². The highest BCUT2D eigenvalue weighted by molar-refractivity contribution is 5.53. The van der Waals surface area contributed by atoms with E-state index in [-0.39, 0.29) is 11.7 Å². The Kier molecular flexibility index (Phi) is 4.03. The second-order valence-electron chi connectivity index (χ2n) is 4.14. The largest absolute Gasteiger partial charge is 0.414 e. The SMILES string of the molecule is CCc1cccnc1-c1noc(CC(O)C(F)(F)F)n1. The molecule has 1 unspecified atom stereocenters. The molecule has 0 saturated carbocycles. The van der Waals surface area contributed by atoms with Gasteiger partial charge in [0, 0.05) is 6.20 Å². The van der Waals surface area contributed by atoms with Crippen molar-refractivity contribution in [3.63, 3.8) is 0 Å². The fourth-order valence-corrected chi connectivity index (χ4v) is 1.64. The molecule has 0 aliphatic heterocycles. The first-order chi connectivity index (χ1) is 9.41. The number of aliphatic hydroxyl groups excluding tert-OH is 1. The first-order valence-corrected chi connectivity index (χ1v) is 5.93. The second kappa shape index (κ2) is 5.58. The summed E-state index contributed by atoms with van der Waals surface area (Å²) < 4.78 is 41.4. The maximum atomic E-state index is 12.2. The van der Waals surface area contributed by atoms with Gasteiger partial charge in [0.05, 0.1) is 6.42 Å². The highest BCUT2D eigenvalue weighted by Crippen LogP contribution is 2.24. The Morgan fingerprint density at radius 3 is 2.80 bits per heavy atom. The predicted octanol–water partition coefficient (Wildman–Crippen LogP) is 2.16. The molecule has 2 aromatic heterocycles. The highest BCUT2D eigenvalue weighted by Gasteiger charge is 2.39. The zero-order chi connectivity index (χ0) is 14.8. The van der Waals surface area contributed by atoms with Crippen LogP contribution >= 0.6 is 0 Å². The van der Waals surface area contributed by atoms with Crippen molar-refractivity contribution < 1.29 is 22.8 Å². The quantitative estimate of drug-likeness (QED) is 0.933. The maximum Gasteiger partial charge on any atom is 0.414 e. The summed E-state index contributed by atoms with van der Waals surface area (Å²) in [6.45, 7) is 1.91. The van der Waals surface area contributed by atoms with E-state index in [2.05, 4.69) is 15.1 Å². The van der Waals surface area contributed by atoms with Gasteiger partial charge in [0.15, 0.2) is 6.10 Å². The molecule has 0 spiro atoms. The standard InChI is InChI=1S/C12H12F3N3O2/c1-2-7-4-3-5-16-10(7)11-17-9(20-18-11)6-8(19)12(13,14)15/h3-5,8,19H,2,6H2,1H3. The second-order valence-corrected chi connectivity index (χ2v) is 4.14. The lowest BCUT2D eigenvalue weighted by atomic mass is 10.1. The molecule has 2 heterocycles. The van der Waals surface area contributed by atoms with E-state index in [9.17, 15) is 13.2 Å². The lowest BCUT2D eigenvalue weighted by molar-refractivity contribution is -0.204. The van der Waals surface area contributed by atoms with E-state index in [4.69, 9.17) is 9.63 Å². The summed E-state index contributed by atoms with van der Waals surface area (Å²) in [5.74, 6) is -0.163. The third-order valence-corrected chi connectivity index (χ3v) is 2.70. The van der Waals surface area contributed by atoms with Crippen LogP contribution in [0.25, 0.3) is 11.5 Å². The fourth-order valence-electron chi connectivity index (χ4n) is 1.64. The normalized spacial score (nSPS) is 13.4. The van der Waals surface area contributed by atoms with Gasteiger partial charge in [-0.3, -0.25) is 4.98 Å². The number of hydrogen-bond donors (Lipinski definition) is 1. The number of pyridine rings is 1. The molecule has 0 aliphatic carbocycles. The van der Waals surface area contributed by atoms with Gasteiger partial charge in [-0.05, 0) is 18.1 Å². The molecule has 0 amide bonds. The van der Waals surface area contributed by atoms with Crippen molar-refractivity contribution in [1.82, 2.24) is 15.1 Å². The summed E-state index contributed by atoms with van der Waals surface area (Å²) in [5, 5.41) is 12.6. The highest BCUT2D eigenvalue weighted by atomic mass is 19.4. The van der Waals surface area contributed by atoms with Gasteiger partial charge in [-0.2, -0.15) is 18.2 Å². The zero-order valence-electron chi connectivity index (χ0n) is 10.6. The number of aryl methyl sites for hydroxylation is 1. The van der Waals surface area contributed by atoms with E-state index in [0.29, 0.717) is 12.1 Å². The lowest BCUT2D eigenvalue weighted by Crippen LogP contribution is -2.30. The molecule has 0 saturated heterocycles. The zero-order valence-corrected chi connectivity index (χ0v) is 10.6. The van der Waals surface area contributed by atoms with E-state index in [0.717, 1.165) is 5.56 Å². The summed E-state index contributed by atoms with van der Waals surface area (Å²) >= 11 is 0. The van der Waals surface area contributed by atoms with E-state index in [1.165, 1.54) is 6.20 Å². The van der Waals surface area contributed by atoms with Crippen molar-refractivity contribution in [2.45, 2.75) is 32.0 Å². The monoisotopic (exact) mass is 287 g/mol. The molecule has 0 radical (unpaired) electrons. The van der Waals surface area contributed by atoms with Gasteiger partial charge in [-0.15, -0.1) is 0 Å². The predicted molar refractivity (Wildman–Crippen MR) is 62.7 cm³/mol. The third kappa shape index (κ3) is 3.13. The number of rotatable bonds is 4. The minimum Gasteiger partial charge on any atom is -0.383 e. The molecule has 0 aromatic carbocycles. The Bertz CT molecular complexity index is 583. The Morgan fingerprint density at radius 2 is 2.15 bits per heavy atom. The molecule has 2 rings (SSSR count). The molecular formula is C12H12F3N3O2. The van der Waals surface area contributed by atoms with Crippen LogP contribution in [0, 0.1) is 0 Å². The first-order valence-electron chi connectivity index (χ1n) is 5.93. The van der Waals surface area contributed by atoms with Crippen molar-refractivity contribution in [2.24, 2.45) is 0 Å². The number of halogens is 3.